The molecular formula is C17H27N3O2. The molecule has 1 aromatic rings. The van der Waals surface area contributed by atoms with Gasteiger partial charge < -0.3 is 15.4 Å². The Balaban J connectivity index is 1.90. The van der Waals surface area contributed by atoms with E-state index in [4.69, 9.17) is 10.5 Å². The van der Waals surface area contributed by atoms with Gasteiger partial charge in [0, 0.05) is 37.9 Å². The molecule has 2 rings (SSSR count). The molecule has 1 heterocycles. The van der Waals surface area contributed by atoms with Crippen LogP contribution in [-0.2, 0) is 4.74 Å². The number of nitrogens with zero attached hydrogens (tertiary/aromatic N) is 2. The van der Waals surface area contributed by atoms with Gasteiger partial charge in [0.25, 0.3) is 0 Å². The van der Waals surface area contributed by atoms with Crippen LogP contribution in [0.2, 0.25) is 0 Å². The van der Waals surface area contributed by atoms with E-state index in [0.717, 1.165) is 18.8 Å². The normalized spacial score (nSPS) is 18.1. The van der Waals surface area contributed by atoms with Crippen molar-refractivity contribution in [1.82, 2.24) is 9.80 Å². The van der Waals surface area contributed by atoms with Gasteiger partial charge in [0.05, 0.1) is 0 Å². The average molecular weight is 305 g/mol. The summed E-state index contributed by atoms with van der Waals surface area (Å²) < 4.78 is 5.43. The van der Waals surface area contributed by atoms with Crippen LogP contribution < -0.4 is 5.73 Å². The maximum Gasteiger partial charge on any atom is 0.410 e. The Bertz CT molecular complexity index is 517. The van der Waals surface area contributed by atoms with Crippen LogP contribution >= 0.6 is 0 Å². The minimum atomic E-state index is -0.441. The third-order valence-corrected chi connectivity index (χ3v) is 3.91. The third-order valence-electron chi connectivity index (χ3n) is 3.91. The molecule has 0 saturated carbocycles. The SMILES string of the molecule is CC(c1cccc(N)c1)N1CCN(C(=O)OC(C)(C)C)CC1. The number of benzene rings is 1. The molecule has 22 heavy (non-hydrogen) atoms. The lowest BCUT2D eigenvalue weighted by Crippen LogP contribution is -2.50. The van der Waals surface area contributed by atoms with Crippen LogP contribution in [0.15, 0.2) is 24.3 Å². The molecule has 2 N–H and O–H groups in total. The molecule has 5 heteroatoms. The summed E-state index contributed by atoms with van der Waals surface area (Å²) >= 11 is 0. The molecule has 1 atom stereocenters. The van der Waals surface area contributed by atoms with Crippen LogP contribution in [0, 0.1) is 0 Å². The molecule has 1 fully saturated rings. The first kappa shape index (κ1) is 16.6. The Morgan fingerprint density at radius 3 is 2.41 bits per heavy atom. The third kappa shape index (κ3) is 4.37. The first-order valence-electron chi connectivity index (χ1n) is 7.84. The van der Waals surface area contributed by atoms with Crippen LogP contribution in [-0.4, -0.2) is 47.7 Å². The number of rotatable bonds is 2. The second-order valence-electron chi connectivity index (χ2n) is 6.85. The number of hydrogen-bond acceptors (Lipinski definition) is 4. The van der Waals surface area contributed by atoms with Crippen molar-refractivity contribution >= 4 is 11.8 Å². The highest BCUT2D eigenvalue weighted by molar-refractivity contribution is 5.68. The van der Waals surface area contributed by atoms with Gasteiger partial charge in [0.2, 0.25) is 0 Å². The number of hydrogen-bond donors (Lipinski definition) is 1. The molecule has 0 aliphatic carbocycles. The molecule has 5 nitrogen and oxygen atoms in total. The van der Waals surface area contributed by atoms with E-state index in [-0.39, 0.29) is 6.09 Å². The minimum absolute atomic E-state index is 0.219. The van der Waals surface area contributed by atoms with E-state index < -0.39 is 5.60 Å². The summed E-state index contributed by atoms with van der Waals surface area (Å²) in [6.07, 6.45) is -0.219. The lowest BCUT2D eigenvalue weighted by Gasteiger charge is -2.38. The largest absolute Gasteiger partial charge is 0.444 e. The number of carbonyl (C=O) groups is 1. The van der Waals surface area contributed by atoms with Crippen LogP contribution in [0.4, 0.5) is 10.5 Å². The van der Waals surface area contributed by atoms with Crippen LogP contribution in [0.25, 0.3) is 0 Å². The number of ether oxygens (including phenoxy) is 1. The Morgan fingerprint density at radius 1 is 1.23 bits per heavy atom. The summed E-state index contributed by atoms with van der Waals surface area (Å²) in [5.74, 6) is 0. The predicted molar refractivity (Wildman–Crippen MR) is 88.6 cm³/mol. The van der Waals surface area contributed by atoms with Crippen LogP contribution in [0.5, 0.6) is 0 Å². The van der Waals surface area contributed by atoms with E-state index in [9.17, 15) is 4.79 Å². The smallest absolute Gasteiger partial charge is 0.410 e. The number of nitrogen functional groups attached to an aromatic ring is 1. The zero-order chi connectivity index (χ0) is 16.3. The second-order valence-corrected chi connectivity index (χ2v) is 6.85. The summed E-state index contributed by atoms with van der Waals surface area (Å²) in [5, 5.41) is 0. The van der Waals surface area contributed by atoms with Crippen molar-refractivity contribution in [3.63, 3.8) is 0 Å². The maximum absolute atomic E-state index is 12.1. The van der Waals surface area contributed by atoms with E-state index in [2.05, 4.69) is 17.9 Å². The van der Waals surface area contributed by atoms with Gasteiger partial charge in [-0.05, 0) is 45.4 Å². The molecule has 1 amide bonds. The molecule has 0 aromatic heterocycles. The van der Waals surface area contributed by atoms with E-state index in [1.165, 1.54) is 5.56 Å². The molecule has 1 unspecified atom stereocenters. The van der Waals surface area contributed by atoms with E-state index >= 15 is 0 Å². The summed E-state index contributed by atoms with van der Waals surface area (Å²) in [6, 6.07) is 8.30. The van der Waals surface area contributed by atoms with Crippen molar-refractivity contribution in [1.29, 1.82) is 0 Å². The molecule has 0 bridgehead atoms. The first-order valence-corrected chi connectivity index (χ1v) is 7.84. The zero-order valence-corrected chi connectivity index (χ0v) is 14.0. The Kier molecular flexibility index (Phi) is 4.96. The standard InChI is InChI=1S/C17H27N3O2/c1-13(14-6-5-7-15(18)12-14)19-8-10-20(11-9-19)16(21)22-17(2,3)4/h5-7,12-13H,8-11,18H2,1-4H3. The molecule has 0 spiro atoms. The first-order chi connectivity index (χ1) is 10.3. The Morgan fingerprint density at radius 2 is 1.86 bits per heavy atom. The van der Waals surface area contributed by atoms with E-state index in [1.807, 2.05) is 39.0 Å². The molecule has 122 valence electrons. The molecule has 1 aliphatic rings. The number of amides is 1. The summed E-state index contributed by atoms with van der Waals surface area (Å²) in [7, 11) is 0. The zero-order valence-electron chi connectivity index (χ0n) is 14.0. The van der Waals surface area contributed by atoms with Crippen molar-refractivity contribution in [3.8, 4) is 0 Å². The van der Waals surface area contributed by atoms with Gasteiger partial charge in [-0.25, -0.2) is 4.79 Å². The van der Waals surface area contributed by atoms with Crippen LogP contribution in [0.1, 0.15) is 39.3 Å². The van der Waals surface area contributed by atoms with Gasteiger partial charge >= 0.3 is 6.09 Å². The number of nitrogens with two attached hydrogens (primary N) is 1. The maximum atomic E-state index is 12.1. The highest BCUT2D eigenvalue weighted by Crippen LogP contribution is 2.23. The lowest BCUT2D eigenvalue weighted by atomic mass is 10.1. The Hall–Kier alpha value is -1.75. The Labute approximate surface area is 133 Å². The van der Waals surface area contributed by atoms with Crippen LogP contribution in [0.3, 0.4) is 0 Å². The summed E-state index contributed by atoms with van der Waals surface area (Å²) in [5.41, 5.74) is 7.42. The predicted octanol–water partition coefficient (Wildman–Crippen LogP) is 2.88. The molecule has 1 aromatic carbocycles. The summed E-state index contributed by atoms with van der Waals surface area (Å²) in [4.78, 5) is 16.2. The summed E-state index contributed by atoms with van der Waals surface area (Å²) in [6.45, 7) is 10.9. The van der Waals surface area contributed by atoms with E-state index in [1.54, 1.807) is 4.90 Å². The van der Waals surface area contributed by atoms with Crippen molar-refractivity contribution in [3.05, 3.63) is 29.8 Å². The fourth-order valence-electron chi connectivity index (χ4n) is 2.65. The molecule has 1 saturated heterocycles. The average Bonchev–Trinajstić information content (AvgIpc) is 2.45. The van der Waals surface area contributed by atoms with Gasteiger partial charge in [-0.2, -0.15) is 0 Å². The number of anilines is 1. The van der Waals surface area contributed by atoms with Crippen molar-refractivity contribution in [2.24, 2.45) is 0 Å². The highest BCUT2D eigenvalue weighted by atomic mass is 16.6. The second kappa shape index (κ2) is 6.57. The quantitative estimate of drug-likeness (QED) is 0.854. The molecule has 1 aliphatic heterocycles. The topological polar surface area (TPSA) is 58.8 Å². The molecular weight excluding hydrogens is 278 g/mol. The van der Waals surface area contributed by atoms with Gasteiger partial charge in [-0.3, -0.25) is 4.90 Å². The van der Waals surface area contributed by atoms with Gasteiger partial charge in [0.1, 0.15) is 5.60 Å². The lowest BCUT2D eigenvalue weighted by molar-refractivity contribution is 0.0110. The van der Waals surface area contributed by atoms with E-state index in [0.29, 0.717) is 19.1 Å². The highest BCUT2D eigenvalue weighted by Gasteiger charge is 2.27. The number of piperazine rings is 1. The fraction of sp³-hybridized carbons (Fsp3) is 0.588. The van der Waals surface area contributed by atoms with Gasteiger partial charge in [-0.1, -0.05) is 12.1 Å². The van der Waals surface area contributed by atoms with Crippen molar-refractivity contribution in [2.45, 2.75) is 39.3 Å². The minimum Gasteiger partial charge on any atom is -0.444 e. The van der Waals surface area contributed by atoms with Gasteiger partial charge in [-0.15, -0.1) is 0 Å². The van der Waals surface area contributed by atoms with Crippen molar-refractivity contribution < 1.29 is 9.53 Å². The number of carbonyl (C=O) groups excluding carboxylic acids is 1. The monoisotopic (exact) mass is 305 g/mol. The fourth-order valence-corrected chi connectivity index (χ4v) is 2.65. The molecule has 0 radical (unpaired) electrons. The van der Waals surface area contributed by atoms with Crippen molar-refractivity contribution in [2.75, 3.05) is 31.9 Å². The van der Waals surface area contributed by atoms with Gasteiger partial charge in [0.15, 0.2) is 0 Å².